The van der Waals surface area contributed by atoms with Crippen molar-refractivity contribution in [2.24, 2.45) is 5.92 Å². The molecule has 1 radical (unpaired) electrons. The number of para-hydroxylation sites is 1. The van der Waals surface area contributed by atoms with Gasteiger partial charge in [0.1, 0.15) is 5.75 Å². The molecular formula is C27H44KN2O4SY-3. The van der Waals surface area contributed by atoms with Crippen molar-refractivity contribution >= 4 is 17.6 Å². The molecule has 2 rings (SSSR count). The van der Waals surface area contributed by atoms with E-state index in [0.29, 0.717) is 19.1 Å². The van der Waals surface area contributed by atoms with E-state index in [1.165, 1.54) is 17.1 Å². The van der Waals surface area contributed by atoms with Crippen molar-refractivity contribution in [3.05, 3.63) is 82.7 Å². The third-order valence-electron chi connectivity index (χ3n) is 3.98. The summed E-state index contributed by atoms with van der Waals surface area (Å²) in [5.74, 6) is 1.46. The molecule has 0 aliphatic heterocycles. The Bertz CT molecular complexity index is 683. The van der Waals surface area contributed by atoms with Gasteiger partial charge in [0.25, 0.3) is 0 Å². The van der Waals surface area contributed by atoms with Crippen molar-refractivity contribution in [3.63, 3.8) is 0 Å². The number of rotatable bonds is 12. The first-order chi connectivity index (χ1) is 15.9. The van der Waals surface area contributed by atoms with E-state index in [1.807, 2.05) is 49.4 Å². The van der Waals surface area contributed by atoms with Gasteiger partial charge in [-0.15, -0.1) is 6.61 Å². The summed E-state index contributed by atoms with van der Waals surface area (Å²) in [6.45, 7) is 14.4. The van der Waals surface area contributed by atoms with Gasteiger partial charge in [0.2, 0.25) is 0 Å². The molecule has 0 amide bonds. The van der Waals surface area contributed by atoms with E-state index in [0.717, 1.165) is 30.9 Å². The molecule has 0 aliphatic carbocycles. The van der Waals surface area contributed by atoms with Gasteiger partial charge in [-0.25, -0.2) is 18.0 Å². The molecule has 2 aromatic rings. The van der Waals surface area contributed by atoms with Crippen LogP contribution in [0.5, 0.6) is 5.75 Å². The number of ether oxygens (including phenoxy) is 3. The second kappa shape index (κ2) is 30.5. The van der Waals surface area contributed by atoms with Gasteiger partial charge in [-0.1, -0.05) is 32.0 Å². The molecule has 0 unspecified atom stereocenters. The molecular weight excluding hydrogens is 576 g/mol. The minimum absolute atomic E-state index is 0. The molecule has 6 nitrogen and oxygen atoms in total. The molecule has 0 spiro atoms. The summed E-state index contributed by atoms with van der Waals surface area (Å²) in [5, 5.41) is 11.5. The summed E-state index contributed by atoms with van der Waals surface area (Å²) in [7, 11) is 6.18. The molecule has 0 fully saturated rings. The van der Waals surface area contributed by atoms with Crippen LogP contribution in [-0.4, -0.2) is 50.0 Å². The molecule has 1 N–H and O–H groups in total. The first-order valence-electron chi connectivity index (χ1n) is 11.0. The molecule has 0 saturated heterocycles. The number of anilines is 1. The second-order valence-corrected chi connectivity index (χ2v) is 8.43. The normalized spacial score (nSPS) is 9.39. The van der Waals surface area contributed by atoms with Crippen LogP contribution in [-0.2, 0) is 42.2 Å². The predicted octanol–water partition coefficient (Wildman–Crippen LogP) is 3.84. The maximum Gasteiger partial charge on any atom is 1.00 e. The van der Waals surface area contributed by atoms with Crippen molar-refractivity contribution < 1.29 is 104 Å². The third-order valence-corrected chi connectivity index (χ3v) is 5.05. The molecule has 9 heteroatoms. The zero-order chi connectivity index (χ0) is 24.9. The van der Waals surface area contributed by atoms with Crippen LogP contribution in [0.4, 0.5) is 5.69 Å². The first-order valence-corrected chi connectivity index (χ1v) is 11.7. The van der Waals surface area contributed by atoms with E-state index in [-0.39, 0.29) is 91.5 Å². The summed E-state index contributed by atoms with van der Waals surface area (Å²) in [5.41, 5.74) is 0.834. The molecule has 0 aromatic heterocycles. The van der Waals surface area contributed by atoms with Crippen LogP contribution in [0.25, 0.3) is 0 Å². The molecule has 0 aliphatic rings. The fourth-order valence-electron chi connectivity index (χ4n) is 2.61. The van der Waals surface area contributed by atoms with Crippen LogP contribution in [0.2, 0.25) is 0 Å². The molecule has 0 saturated carbocycles. The van der Waals surface area contributed by atoms with E-state index >= 15 is 0 Å². The van der Waals surface area contributed by atoms with Crippen LogP contribution < -0.4 is 61.2 Å². The van der Waals surface area contributed by atoms with Gasteiger partial charge < -0.3 is 28.6 Å². The minimum Gasteiger partial charge on any atom is -0.578 e. The predicted molar refractivity (Wildman–Crippen MR) is 146 cm³/mol. The minimum atomic E-state index is 0. The van der Waals surface area contributed by atoms with E-state index in [2.05, 4.69) is 53.8 Å². The number of hydrogen-bond acceptors (Lipinski definition) is 7. The van der Waals surface area contributed by atoms with Crippen molar-refractivity contribution in [1.82, 2.24) is 4.31 Å². The van der Waals surface area contributed by atoms with E-state index < -0.39 is 0 Å². The number of benzene rings is 2. The van der Waals surface area contributed by atoms with Gasteiger partial charge in [0, 0.05) is 57.2 Å². The Balaban J connectivity index is -0.000000409. The number of hydrogen-bond donors (Lipinski definition) is 1. The summed E-state index contributed by atoms with van der Waals surface area (Å²) in [6, 6.07) is 17.8. The molecule has 0 heterocycles. The monoisotopic (exact) mass is 620 g/mol. The Morgan fingerprint density at radius 1 is 1.03 bits per heavy atom. The molecule has 2 aromatic carbocycles. The topological polar surface area (TPSA) is 54.4 Å². The molecule has 199 valence electrons. The fraction of sp³-hybridized carbons (Fsp3) is 0.407. The van der Waals surface area contributed by atoms with E-state index in [9.17, 15) is 5.21 Å². The quantitative estimate of drug-likeness (QED) is 0.168. The Morgan fingerprint density at radius 2 is 1.58 bits per heavy atom. The Morgan fingerprint density at radius 3 is 2.00 bits per heavy atom. The largest absolute Gasteiger partial charge is 1.00 e. The standard InChI is InChI=1S/C20H28N2O2S.C4H8O.C2H5O.CH3.K.Y/c1-17(2)16-21(25-20-12-10-19(24-3)11-13-20)14-7-15-22(23)18-8-5-4-6-9-18;1-3-5-4-2;1-3-2;;;/h4-6,8-13,17,23H,7,14-16H2,1-3H3;4H,1,3H2,2H3;1H2,2H3;1H3;;/q;-2;2*-1;+1;. The summed E-state index contributed by atoms with van der Waals surface area (Å²) < 4.78 is 16.2. The average molecular weight is 621 g/mol. The van der Waals surface area contributed by atoms with Gasteiger partial charge in [0.05, 0.1) is 12.8 Å². The van der Waals surface area contributed by atoms with Gasteiger partial charge >= 0.3 is 51.4 Å². The first kappa shape index (κ1) is 44.0. The van der Waals surface area contributed by atoms with Crippen LogP contribution in [0, 0.1) is 34.0 Å². The Hall–Kier alpha value is 0.970. The van der Waals surface area contributed by atoms with E-state index in [1.54, 1.807) is 25.7 Å². The van der Waals surface area contributed by atoms with Gasteiger partial charge in [-0.3, -0.25) is 10.3 Å². The average Bonchev–Trinajstić information content (AvgIpc) is 2.81. The molecule has 0 bridgehead atoms. The zero-order valence-corrected chi connectivity index (χ0v) is 30.1. The maximum absolute atomic E-state index is 10.2. The SMILES string of the molecule is COc1ccc(SN(CCCN(O)c2ccccc2)CC(C)C)cc1.[CH2-]CO[CH-]C.[CH2-]OC.[CH3-].[K+].[Y]. The van der Waals surface area contributed by atoms with Crippen molar-refractivity contribution in [1.29, 1.82) is 0 Å². The zero-order valence-electron chi connectivity index (χ0n) is 23.4. The van der Waals surface area contributed by atoms with E-state index in [4.69, 9.17) is 4.74 Å². The van der Waals surface area contributed by atoms with Gasteiger partial charge in [-0.05, 0) is 67.8 Å². The van der Waals surface area contributed by atoms with Crippen LogP contribution >= 0.6 is 11.9 Å². The van der Waals surface area contributed by atoms with Gasteiger partial charge in [0.15, 0.2) is 0 Å². The fourth-order valence-corrected chi connectivity index (χ4v) is 3.76. The summed E-state index contributed by atoms with van der Waals surface area (Å²) >= 11 is 1.76. The summed E-state index contributed by atoms with van der Waals surface area (Å²) in [4.78, 5) is 1.20. The second-order valence-electron chi connectivity index (χ2n) is 7.26. The molecule has 36 heavy (non-hydrogen) atoms. The number of nitrogens with zero attached hydrogens (tertiary/aromatic N) is 2. The van der Waals surface area contributed by atoms with Crippen LogP contribution in [0.1, 0.15) is 27.2 Å². The Labute approximate surface area is 293 Å². The number of methoxy groups -OCH3 is 2. The van der Waals surface area contributed by atoms with Crippen LogP contribution in [0.3, 0.4) is 0 Å². The molecule has 0 atom stereocenters. The van der Waals surface area contributed by atoms with Crippen molar-refractivity contribution in [3.8, 4) is 5.75 Å². The van der Waals surface area contributed by atoms with Crippen molar-refractivity contribution in [2.75, 3.05) is 45.5 Å². The third kappa shape index (κ3) is 24.0. The summed E-state index contributed by atoms with van der Waals surface area (Å²) in [6.07, 6.45) is 0.890. The Kier molecular flexibility index (Phi) is 37.3. The van der Waals surface area contributed by atoms with Gasteiger partial charge in [-0.2, -0.15) is 6.92 Å². The number of hydroxylamine groups is 1. The maximum atomic E-state index is 10.2. The van der Waals surface area contributed by atoms with Crippen molar-refractivity contribution in [2.45, 2.75) is 32.1 Å². The smallest absolute Gasteiger partial charge is 0.578 e. The van der Waals surface area contributed by atoms with Crippen LogP contribution in [0.15, 0.2) is 59.5 Å².